The Hall–Kier alpha value is -2.56. The quantitative estimate of drug-likeness (QED) is 0.463. The third kappa shape index (κ3) is 3.66. The van der Waals surface area contributed by atoms with Gasteiger partial charge in [-0.25, -0.2) is 13.2 Å². The molecule has 0 atom stereocenters. The highest BCUT2D eigenvalue weighted by Gasteiger charge is 2.71. The van der Waals surface area contributed by atoms with Gasteiger partial charge in [-0.15, -0.1) is 0 Å². The van der Waals surface area contributed by atoms with Gasteiger partial charge in [-0.1, -0.05) is 26.0 Å². The predicted octanol–water partition coefficient (Wildman–Crippen LogP) is 6.02. The molecule has 0 bridgehead atoms. The van der Waals surface area contributed by atoms with Crippen LogP contribution in [0.25, 0.3) is 11.1 Å². The Morgan fingerprint density at radius 1 is 0.900 bits per heavy atom. The van der Waals surface area contributed by atoms with E-state index in [0.717, 1.165) is 0 Å². The lowest BCUT2D eigenvalue weighted by Crippen LogP contribution is -2.53. The van der Waals surface area contributed by atoms with Gasteiger partial charge in [0, 0.05) is 22.3 Å². The van der Waals surface area contributed by atoms with Gasteiger partial charge in [0.05, 0.1) is 5.56 Å². The number of halogens is 9. The fraction of sp³-hybridized carbons (Fsp3) is 0.316. The molecule has 0 fully saturated rings. The van der Waals surface area contributed by atoms with Crippen LogP contribution < -0.4 is 0 Å². The van der Waals surface area contributed by atoms with Gasteiger partial charge in [0.1, 0.15) is 17.5 Å². The van der Waals surface area contributed by atoms with Crippen LogP contribution in [0.1, 0.15) is 41.3 Å². The number of carbonyl (C=O) groups excluding carboxylic acids is 1. The summed E-state index contributed by atoms with van der Waals surface area (Å²) < 4.78 is 121. The molecule has 0 unspecified atom stereocenters. The molecule has 0 saturated carbocycles. The Morgan fingerprint density at radius 3 is 1.83 bits per heavy atom. The predicted molar refractivity (Wildman–Crippen MR) is 87.2 cm³/mol. The van der Waals surface area contributed by atoms with E-state index in [9.17, 15) is 49.4 Å². The summed E-state index contributed by atoms with van der Waals surface area (Å²) in [5.74, 6) is -5.12. The summed E-state index contributed by atoms with van der Waals surface area (Å²) in [6.45, 7) is 2.71. The van der Waals surface area contributed by atoms with Crippen molar-refractivity contribution in [2.75, 3.05) is 0 Å². The van der Waals surface area contributed by atoms with Crippen LogP contribution in [0, 0.1) is 17.5 Å². The van der Waals surface area contributed by atoms with E-state index >= 15 is 0 Å². The Balaban J connectivity index is 2.81. The second-order valence-electron chi connectivity index (χ2n) is 6.72. The van der Waals surface area contributed by atoms with Gasteiger partial charge in [-0.2, -0.15) is 26.3 Å². The van der Waals surface area contributed by atoms with Crippen molar-refractivity contribution in [3.05, 3.63) is 58.4 Å². The average molecular weight is 444 g/mol. The largest absolute Gasteiger partial charge is 0.430 e. The standard InChI is InChI=1S/C19H13F9O2/c1-8(2)14-15(13(21)5-9(7-29)16(14)22)11-4-3-10(6-12(11)20)17(30,18(23,24)25)19(26,27)28/h3-8,30H,1-2H3. The number of benzene rings is 2. The van der Waals surface area contributed by atoms with Crippen LogP contribution in [0.15, 0.2) is 24.3 Å². The SMILES string of the molecule is CC(C)c1c(F)c(C=O)cc(F)c1-c1ccc(C(O)(C(F)(F)F)C(F)(F)F)cc1F. The number of rotatable bonds is 4. The lowest BCUT2D eigenvalue weighted by Gasteiger charge is -2.32. The molecular weight excluding hydrogens is 431 g/mol. The third-order valence-electron chi connectivity index (χ3n) is 4.46. The fourth-order valence-electron chi connectivity index (χ4n) is 3.00. The molecule has 2 nitrogen and oxygen atoms in total. The lowest BCUT2D eigenvalue weighted by molar-refractivity contribution is -0.376. The Bertz CT molecular complexity index is 961. The summed E-state index contributed by atoms with van der Waals surface area (Å²) in [5, 5.41) is 9.36. The van der Waals surface area contributed by atoms with Gasteiger partial charge >= 0.3 is 12.4 Å². The minimum Gasteiger partial charge on any atom is -0.369 e. The highest BCUT2D eigenvalue weighted by molar-refractivity contribution is 5.80. The van der Waals surface area contributed by atoms with E-state index in [1.807, 2.05) is 0 Å². The van der Waals surface area contributed by atoms with Crippen molar-refractivity contribution in [2.24, 2.45) is 0 Å². The first kappa shape index (κ1) is 23.7. The first-order valence-corrected chi connectivity index (χ1v) is 8.21. The zero-order valence-electron chi connectivity index (χ0n) is 15.2. The monoisotopic (exact) mass is 444 g/mol. The average Bonchev–Trinajstić information content (AvgIpc) is 2.60. The number of hydrogen-bond acceptors (Lipinski definition) is 2. The van der Waals surface area contributed by atoms with Crippen LogP contribution in [0.3, 0.4) is 0 Å². The molecule has 0 amide bonds. The van der Waals surface area contributed by atoms with Crippen molar-refractivity contribution in [2.45, 2.75) is 37.7 Å². The lowest BCUT2D eigenvalue weighted by atomic mass is 9.86. The van der Waals surface area contributed by atoms with Crippen molar-refractivity contribution in [3.63, 3.8) is 0 Å². The van der Waals surface area contributed by atoms with E-state index in [2.05, 4.69) is 0 Å². The number of alkyl halides is 6. The molecule has 0 aliphatic carbocycles. The minimum atomic E-state index is -6.24. The molecular formula is C19H13F9O2. The topological polar surface area (TPSA) is 37.3 Å². The molecule has 0 aromatic heterocycles. The van der Waals surface area contributed by atoms with Crippen LogP contribution in [0.2, 0.25) is 0 Å². The van der Waals surface area contributed by atoms with Crippen molar-refractivity contribution in [1.82, 2.24) is 0 Å². The summed E-state index contributed by atoms with van der Waals surface area (Å²) in [7, 11) is 0. The second-order valence-corrected chi connectivity index (χ2v) is 6.72. The summed E-state index contributed by atoms with van der Waals surface area (Å²) in [4.78, 5) is 10.9. The Kier molecular flexibility index (Phi) is 6.01. The molecule has 0 aliphatic rings. The van der Waals surface area contributed by atoms with Crippen LogP contribution in [-0.4, -0.2) is 23.7 Å². The van der Waals surface area contributed by atoms with E-state index in [1.54, 1.807) is 0 Å². The molecule has 2 aromatic rings. The van der Waals surface area contributed by atoms with E-state index in [1.165, 1.54) is 13.8 Å². The minimum absolute atomic E-state index is 0.000303. The molecule has 1 N–H and O–H groups in total. The third-order valence-corrected chi connectivity index (χ3v) is 4.46. The van der Waals surface area contributed by atoms with Crippen LogP contribution in [-0.2, 0) is 5.60 Å². The van der Waals surface area contributed by atoms with Crippen LogP contribution in [0.5, 0.6) is 0 Å². The first-order chi connectivity index (χ1) is 13.6. The molecule has 164 valence electrons. The van der Waals surface area contributed by atoms with Crippen molar-refractivity contribution >= 4 is 6.29 Å². The molecule has 0 heterocycles. The smallest absolute Gasteiger partial charge is 0.369 e. The van der Waals surface area contributed by atoms with Crippen molar-refractivity contribution < 1.29 is 49.4 Å². The maximum absolute atomic E-state index is 14.6. The number of hydrogen-bond donors (Lipinski definition) is 1. The van der Waals surface area contributed by atoms with E-state index in [-0.39, 0.29) is 18.4 Å². The van der Waals surface area contributed by atoms with E-state index in [0.29, 0.717) is 12.1 Å². The van der Waals surface area contributed by atoms with Crippen molar-refractivity contribution in [3.8, 4) is 11.1 Å². The summed E-state index contributed by atoms with van der Waals surface area (Å²) in [6.07, 6.45) is -12.5. The van der Waals surface area contributed by atoms with Gasteiger partial charge in [-0.05, 0) is 18.1 Å². The molecule has 0 radical (unpaired) electrons. The van der Waals surface area contributed by atoms with Gasteiger partial charge < -0.3 is 5.11 Å². The fourth-order valence-corrected chi connectivity index (χ4v) is 3.00. The summed E-state index contributed by atoms with van der Waals surface area (Å²) in [6, 6.07) is 0.677. The number of carbonyl (C=O) groups is 1. The molecule has 11 heteroatoms. The number of aldehydes is 1. The molecule has 2 rings (SSSR count). The second kappa shape index (κ2) is 7.60. The number of aliphatic hydroxyl groups is 1. The Morgan fingerprint density at radius 2 is 1.43 bits per heavy atom. The molecule has 0 aliphatic heterocycles. The van der Waals surface area contributed by atoms with Gasteiger partial charge in [-0.3, -0.25) is 4.79 Å². The molecule has 30 heavy (non-hydrogen) atoms. The highest BCUT2D eigenvalue weighted by atomic mass is 19.4. The molecule has 0 spiro atoms. The van der Waals surface area contributed by atoms with Crippen molar-refractivity contribution in [1.29, 1.82) is 0 Å². The maximum Gasteiger partial charge on any atom is 0.430 e. The van der Waals surface area contributed by atoms with Gasteiger partial charge in [0.2, 0.25) is 0 Å². The summed E-state index contributed by atoms with van der Waals surface area (Å²) >= 11 is 0. The van der Waals surface area contributed by atoms with E-state index in [4.69, 9.17) is 0 Å². The van der Waals surface area contributed by atoms with Crippen LogP contribution in [0.4, 0.5) is 39.5 Å². The molecule has 0 saturated heterocycles. The highest BCUT2D eigenvalue weighted by Crippen LogP contribution is 2.50. The van der Waals surface area contributed by atoms with E-state index < -0.39 is 69.1 Å². The molecule has 2 aromatic carbocycles. The zero-order chi connectivity index (χ0) is 23.2. The van der Waals surface area contributed by atoms with Gasteiger partial charge in [0.15, 0.2) is 6.29 Å². The zero-order valence-corrected chi connectivity index (χ0v) is 15.2. The van der Waals surface area contributed by atoms with Crippen LogP contribution >= 0.6 is 0 Å². The first-order valence-electron chi connectivity index (χ1n) is 8.21. The summed E-state index contributed by atoms with van der Waals surface area (Å²) in [5.41, 5.74) is -10.1. The normalized spacial score (nSPS) is 13.1. The Labute approximate surface area is 163 Å². The van der Waals surface area contributed by atoms with Gasteiger partial charge in [0.25, 0.3) is 5.60 Å². The maximum atomic E-state index is 14.6.